The van der Waals surface area contributed by atoms with Crippen molar-refractivity contribution in [3.8, 4) is 0 Å². The molecular formula is C16H20N2O4S. The van der Waals surface area contributed by atoms with Crippen molar-refractivity contribution in [2.75, 3.05) is 19.5 Å². The molecule has 0 amide bonds. The third-order valence-corrected chi connectivity index (χ3v) is 5.47. The van der Waals surface area contributed by atoms with E-state index in [0.717, 1.165) is 6.29 Å². The van der Waals surface area contributed by atoms with Gasteiger partial charge >= 0.3 is 0 Å². The number of ether oxygens (including phenoxy) is 2. The van der Waals surface area contributed by atoms with Crippen molar-refractivity contribution >= 4 is 23.8 Å². The molecule has 124 valence electrons. The highest BCUT2D eigenvalue weighted by atomic mass is 32.2. The van der Waals surface area contributed by atoms with Gasteiger partial charge in [-0.3, -0.25) is 9.59 Å². The number of nitrogens with zero attached hydrogens (tertiary/aromatic N) is 2. The van der Waals surface area contributed by atoms with Gasteiger partial charge in [-0.25, -0.2) is 9.97 Å². The van der Waals surface area contributed by atoms with Crippen LogP contribution in [0.25, 0.3) is 0 Å². The number of aldehydes is 1. The second kappa shape index (κ2) is 6.30. The molecule has 1 aromatic rings. The fourth-order valence-corrected chi connectivity index (χ4v) is 3.88. The van der Waals surface area contributed by atoms with Gasteiger partial charge in [0.2, 0.25) is 0 Å². The van der Waals surface area contributed by atoms with E-state index in [1.54, 1.807) is 6.92 Å². The largest absolute Gasteiger partial charge is 0.348 e. The number of hydrogen-bond acceptors (Lipinski definition) is 7. The summed E-state index contributed by atoms with van der Waals surface area (Å²) in [6, 6.07) is 0. The van der Waals surface area contributed by atoms with Gasteiger partial charge in [-0.1, -0.05) is 11.8 Å². The van der Waals surface area contributed by atoms with Gasteiger partial charge in [0, 0.05) is 19.0 Å². The number of carbonyl (C=O) groups is 2. The highest BCUT2D eigenvalue weighted by molar-refractivity contribution is 7.98. The molecule has 23 heavy (non-hydrogen) atoms. The number of carbonyl (C=O) groups excluding carboxylic acids is 2. The first-order valence-corrected chi connectivity index (χ1v) is 8.93. The molecule has 0 unspecified atom stereocenters. The molecule has 2 aliphatic rings. The summed E-state index contributed by atoms with van der Waals surface area (Å²) in [5.74, 6) is -0.533. The van der Waals surface area contributed by atoms with Crippen molar-refractivity contribution in [1.82, 2.24) is 9.97 Å². The van der Waals surface area contributed by atoms with Crippen molar-refractivity contribution in [2.45, 2.75) is 49.0 Å². The first kappa shape index (κ1) is 16.5. The SMILES string of the molecule is CSc1ncc(C=O)c(C2(C(C)=O)CCC3(CC2)OCCO3)n1. The van der Waals surface area contributed by atoms with Gasteiger partial charge in [-0.15, -0.1) is 0 Å². The maximum Gasteiger partial charge on any atom is 0.187 e. The van der Waals surface area contributed by atoms with E-state index >= 15 is 0 Å². The summed E-state index contributed by atoms with van der Waals surface area (Å²) in [6.07, 6.45) is 6.50. The van der Waals surface area contributed by atoms with Crippen molar-refractivity contribution in [1.29, 1.82) is 0 Å². The number of rotatable bonds is 4. The predicted molar refractivity (Wildman–Crippen MR) is 84.7 cm³/mol. The molecule has 1 spiro atoms. The van der Waals surface area contributed by atoms with Crippen LogP contribution in [0.5, 0.6) is 0 Å². The Morgan fingerprint density at radius 2 is 1.91 bits per heavy atom. The lowest BCUT2D eigenvalue weighted by Gasteiger charge is -2.42. The van der Waals surface area contributed by atoms with Crippen LogP contribution in [0.1, 0.15) is 48.7 Å². The van der Waals surface area contributed by atoms with E-state index < -0.39 is 11.2 Å². The number of ketones is 1. The van der Waals surface area contributed by atoms with Gasteiger partial charge in [0.1, 0.15) is 5.78 Å². The first-order chi connectivity index (χ1) is 11.1. The minimum Gasteiger partial charge on any atom is -0.348 e. The molecule has 2 fully saturated rings. The van der Waals surface area contributed by atoms with Crippen LogP contribution in [-0.4, -0.2) is 47.3 Å². The smallest absolute Gasteiger partial charge is 0.187 e. The van der Waals surface area contributed by atoms with Crippen LogP contribution in [0.2, 0.25) is 0 Å². The number of aromatic nitrogens is 2. The highest BCUT2D eigenvalue weighted by Gasteiger charge is 2.50. The van der Waals surface area contributed by atoms with Gasteiger partial charge in [-0.05, 0) is 26.0 Å². The van der Waals surface area contributed by atoms with E-state index in [1.807, 2.05) is 6.26 Å². The topological polar surface area (TPSA) is 78.4 Å². The summed E-state index contributed by atoms with van der Waals surface area (Å²) in [4.78, 5) is 32.6. The monoisotopic (exact) mass is 336 g/mol. The van der Waals surface area contributed by atoms with Crippen LogP contribution in [-0.2, 0) is 19.7 Å². The molecule has 1 saturated heterocycles. The summed E-state index contributed by atoms with van der Waals surface area (Å²) < 4.78 is 11.5. The number of Topliss-reactive ketones (excluding diaryl/α,β-unsaturated/α-hetero) is 1. The zero-order chi connectivity index (χ0) is 16.5. The zero-order valence-electron chi connectivity index (χ0n) is 13.3. The Kier molecular flexibility index (Phi) is 4.53. The van der Waals surface area contributed by atoms with Crippen LogP contribution < -0.4 is 0 Å². The summed E-state index contributed by atoms with van der Waals surface area (Å²) in [5.41, 5.74) is 0.180. The summed E-state index contributed by atoms with van der Waals surface area (Å²) in [7, 11) is 0. The second-order valence-electron chi connectivity index (χ2n) is 6.02. The van der Waals surface area contributed by atoms with Gasteiger partial charge in [-0.2, -0.15) is 0 Å². The first-order valence-electron chi connectivity index (χ1n) is 7.71. The Bertz CT molecular complexity index is 619. The molecule has 1 aliphatic carbocycles. The molecule has 0 aromatic carbocycles. The van der Waals surface area contributed by atoms with E-state index in [0.29, 0.717) is 55.3 Å². The Hall–Kier alpha value is -1.31. The van der Waals surface area contributed by atoms with E-state index in [2.05, 4.69) is 9.97 Å². The third-order valence-electron chi connectivity index (χ3n) is 4.91. The lowest BCUT2D eigenvalue weighted by Crippen LogP contribution is -2.46. The Balaban J connectivity index is 1.99. The van der Waals surface area contributed by atoms with E-state index in [-0.39, 0.29) is 5.78 Å². The molecule has 3 rings (SSSR count). The predicted octanol–water partition coefficient (Wildman–Crippen LogP) is 2.15. The average Bonchev–Trinajstić information content (AvgIpc) is 3.03. The van der Waals surface area contributed by atoms with Crippen LogP contribution in [0.3, 0.4) is 0 Å². The van der Waals surface area contributed by atoms with Crippen molar-refractivity contribution < 1.29 is 19.1 Å². The number of hydrogen-bond donors (Lipinski definition) is 0. The Morgan fingerprint density at radius 1 is 1.26 bits per heavy atom. The third kappa shape index (κ3) is 2.81. The van der Waals surface area contributed by atoms with Crippen molar-refractivity contribution in [2.24, 2.45) is 0 Å². The van der Waals surface area contributed by atoms with Crippen molar-refractivity contribution in [3.63, 3.8) is 0 Å². The molecule has 0 radical (unpaired) electrons. The standard InChI is InChI=1S/C16H20N2O4S/c1-11(20)15(3-5-16(6-4-15)21-7-8-22-16)13-12(10-19)9-17-14(18-13)23-2/h9-10H,3-8H2,1-2H3. The van der Waals surface area contributed by atoms with E-state index in [9.17, 15) is 9.59 Å². The van der Waals surface area contributed by atoms with Gasteiger partial charge in [0.05, 0.1) is 29.9 Å². The molecule has 1 aliphatic heterocycles. The lowest BCUT2D eigenvalue weighted by molar-refractivity contribution is -0.186. The summed E-state index contributed by atoms with van der Waals surface area (Å²) in [5, 5.41) is 0.569. The number of thioether (sulfide) groups is 1. The summed E-state index contributed by atoms with van der Waals surface area (Å²) >= 11 is 1.40. The van der Waals surface area contributed by atoms with Gasteiger partial charge in [0.15, 0.2) is 17.2 Å². The molecule has 0 atom stereocenters. The minimum atomic E-state index is -0.760. The zero-order valence-corrected chi connectivity index (χ0v) is 14.1. The van der Waals surface area contributed by atoms with Crippen LogP contribution in [0.4, 0.5) is 0 Å². The molecule has 1 aromatic heterocycles. The summed E-state index contributed by atoms with van der Waals surface area (Å²) in [6.45, 7) is 2.76. The maximum atomic E-state index is 12.5. The molecule has 6 nitrogen and oxygen atoms in total. The van der Waals surface area contributed by atoms with Gasteiger partial charge < -0.3 is 9.47 Å². The normalized spacial score (nSPS) is 22.2. The highest BCUT2D eigenvalue weighted by Crippen LogP contribution is 2.47. The van der Waals surface area contributed by atoms with Crippen molar-refractivity contribution in [3.05, 3.63) is 17.5 Å². The van der Waals surface area contributed by atoms with Crippen LogP contribution in [0, 0.1) is 0 Å². The Labute approximate surface area is 139 Å². The molecule has 1 saturated carbocycles. The van der Waals surface area contributed by atoms with Gasteiger partial charge in [0.25, 0.3) is 0 Å². The van der Waals surface area contributed by atoms with E-state index in [1.165, 1.54) is 18.0 Å². The van der Waals surface area contributed by atoms with Crippen LogP contribution in [0.15, 0.2) is 11.4 Å². The molecule has 7 heteroatoms. The second-order valence-corrected chi connectivity index (χ2v) is 6.80. The lowest BCUT2D eigenvalue weighted by atomic mass is 9.66. The Morgan fingerprint density at radius 3 is 2.43 bits per heavy atom. The van der Waals surface area contributed by atoms with Crippen LogP contribution >= 0.6 is 11.8 Å². The molecule has 0 N–H and O–H groups in total. The average molecular weight is 336 g/mol. The molecule has 0 bridgehead atoms. The molecular weight excluding hydrogens is 316 g/mol. The minimum absolute atomic E-state index is 0.0270. The maximum absolute atomic E-state index is 12.5. The fourth-order valence-electron chi connectivity index (χ4n) is 3.54. The fraction of sp³-hybridized carbons (Fsp3) is 0.625. The molecule has 2 heterocycles. The van der Waals surface area contributed by atoms with E-state index in [4.69, 9.17) is 9.47 Å². The quantitative estimate of drug-likeness (QED) is 0.473.